The van der Waals surface area contributed by atoms with Crippen LogP contribution < -0.4 is 5.32 Å². The maximum atomic E-state index is 13.8. The minimum absolute atomic E-state index is 0.0655. The van der Waals surface area contributed by atoms with Gasteiger partial charge in [-0.25, -0.2) is 13.5 Å². The van der Waals surface area contributed by atoms with Crippen LogP contribution in [0, 0.1) is 24.5 Å². The van der Waals surface area contributed by atoms with Crippen LogP contribution in [-0.2, 0) is 6.54 Å². The van der Waals surface area contributed by atoms with E-state index < -0.39 is 11.6 Å². The molecule has 6 heteroatoms. The van der Waals surface area contributed by atoms with Crippen molar-refractivity contribution >= 4 is 0 Å². The van der Waals surface area contributed by atoms with E-state index in [1.165, 1.54) is 11.6 Å². The van der Waals surface area contributed by atoms with E-state index in [9.17, 15) is 8.78 Å². The first-order chi connectivity index (χ1) is 9.47. The van der Waals surface area contributed by atoms with Gasteiger partial charge < -0.3 is 5.32 Å². The molecule has 0 amide bonds. The number of aryl methyl sites for hydroxylation is 1. The zero-order valence-corrected chi connectivity index (χ0v) is 11.8. The van der Waals surface area contributed by atoms with Crippen LogP contribution in [0.25, 0.3) is 5.69 Å². The zero-order chi connectivity index (χ0) is 14.7. The van der Waals surface area contributed by atoms with Crippen LogP contribution in [0.5, 0.6) is 0 Å². The largest absolute Gasteiger partial charge is 0.311 e. The molecule has 0 unspecified atom stereocenters. The van der Waals surface area contributed by atoms with Gasteiger partial charge in [-0.05, 0) is 31.0 Å². The number of nitrogens with one attached hydrogen (secondary N) is 1. The number of aromatic nitrogens is 3. The minimum atomic E-state index is -0.518. The number of hydrogen-bond acceptors (Lipinski definition) is 3. The maximum Gasteiger partial charge on any atom is 0.149 e. The van der Waals surface area contributed by atoms with Crippen LogP contribution in [0.3, 0.4) is 0 Å². The molecule has 0 aliphatic heterocycles. The standard InChI is InChI=1S/C14H18F2N4/c1-9(2)6-17-7-11-8-20(19-18-11)14-5-12(15)10(3)4-13(14)16/h4-5,8-9,17H,6-7H2,1-3H3. The third kappa shape index (κ3) is 3.39. The van der Waals surface area contributed by atoms with Gasteiger partial charge in [-0.15, -0.1) is 5.10 Å². The third-order valence-corrected chi connectivity index (χ3v) is 2.87. The highest BCUT2D eigenvalue weighted by molar-refractivity contribution is 5.36. The van der Waals surface area contributed by atoms with Crippen LogP contribution >= 0.6 is 0 Å². The van der Waals surface area contributed by atoms with Crippen LogP contribution in [0.2, 0.25) is 0 Å². The van der Waals surface area contributed by atoms with E-state index in [0.717, 1.165) is 18.7 Å². The van der Waals surface area contributed by atoms with Crippen LogP contribution in [0.1, 0.15) is 25.1 Å². The van der Waals surface area contributed by atoms with E-state index in [0.29, 0.717) is 18.2 Å². The van der Waals surface area contributed by atoms with Crippen molar-refractivity contribution in [3.63, 3.8) is 0 Å². The van der Waals surface area contributed by atoms with Crippen LogP contribution in [-0.4, -0.2) is 21.5 Å². The Bertz CT molecular complexity index is 593. The summed E-state index contributed by atoms with van der Waals surface area (Å²) in [5, 5.41) is 11.0. The third-order valence-electron chi connectivity index (χ3n) is 2.87. The van der Waals surface area contributed by atoms with Crippen molar-refractivity contribution in [1.29, 1.82) is 0 Å². The van der Waals surface area contributed by atoms with E-state index in [-0.39, 0.29) is 11.3 Å². The number of hydrogen-bond donors (Lipinski definition) is 1. The first-order valence-corrected chi connectivity index (χ1v) is 6.55. The van der Waals surface area contributed by atoms with Gasteiger partial charge >= 0.3 is 0 Å². The number of rotatable bonds is 5. The lowest BCUT2D eigenvalue weighted by molar-refractivity contribution is 0.548. The summed E-state index contributed by atoms with van der Waals surface area (Å²) in [5.41, 5.74) is 1.02. The molecule has 0 radical (unpaired) electrons. The summed E-state index contributed by atoms with van der Waals surface area (Å²) in [6, 6.07) is 2.29. The molecule has 2 rings (SSSR count). The highest BCUT2D eigenvalue weighted by Gasteiger charge is 2.11. The Morgan fingerprint density at radius 1 is 1.25 bits per heavy atom. The molecular formula is C14H18F2N4. The summed E-state index contributed by atoms with van der Waals surface area (Å²) in [7, 11) is 0. The molecule has 0 saturated heterocycles. The summed E-state index contributed by atoms with van der Waals surface area (Å²) in [5.74, 6) is -0.444. The topological polar surface area (TPSA) is 42.7 Å². The molecule has 1 heterocycles. The average molecular weight is 280 g/mol. The van der Waals surface area contributed by atoms with Crippen molar-refractivity contribution in [1.82, 2.24) is 20.3 Å². The second-order valence-corrected chi connectivity index (χ2v) is 5.23. The highest BCUT2D eigenvalue weighted by Crippen LogP contribution is 2.17. The molecule has 1 aromatic carbocycles. The van der Waals surface area contributed by atoms with Crippen molar-refractivity contribution in [3.05, 3.63) is 41.2 Å². The quantitative estimate of drug-likeness (QED) is 0.915. The van der Waals surface area contributed by atoms with Crippen molar-refractivity contribution in [3.8, 4) is 5.69 Å². The molecule has 1 aromatic heterocycles. The molecule has 0 spiro atoms. The summed E-state index contributed by atoms with van der Waals surface area (Å²) >= 11 is 0. The van der Waals surface area contributed by atoms with Gasteiger partial charge in [0.05, 0.1) is 11.9 Å². The SMILES string of the molecule is Cc1cc(F)c(-n2cc(CNCC(C)C)nn2)cc1F. The smallest absolute Gasteiger partial charge is 0.149 e. The summed E-state index contributed by atoms with van der Waals surface area (Å²) in [6.07, 6.45) is 1.60. The molecule has 4 nitrogen and oxygen atoms in total. The predicted molar refractivity (Wildman–Crippen MR) is 72.6 cm³/mol. The summed E-state index contributed by atoms with van der Waals surface area (Å²) < 4.78 is 28.6. The lowest BCUT2D eigenvalue weighted by Gasteiger charge is -2.05. The first kappa shape index (κ1) is 14.6. The predicted octanol–water partition coefficient (Wildman–Crippen LogP) is 2.60. The fourth-order valence-corrected chi connectivity index (χ4v) is 1.80. The molecular weight excluding hydrogens is 262 g/mol. The lowest BCUT2D eigenvalue weighted by Crippen LogP contribution is -2.19. The average Bonchev–Trinajstić information content (AvgIpc) is 2.82. The molecule has 108 valence electrons. The van der Waals surface area contributed by atoms with E-state index in [1.54, 1.807) is 6.20 Å². The Morgan fingerprint density at radius 3 is 2.70 bits per heavy atom. The fourth-order valence-electron chi connectivity index (χ4n) is 1.80. The maximum absolute atomic E-state index is 13.8. The summed E-state index contributed by atoms with van der Waals surface area (Å²) in [4.78, 5) is 0. The Morgan fingerprint density at radius 2 is 2.00 bits per heavy atom. The molecule has 1 N–H and O–H groups in total. The molecule has 0 fully saturated rings. The van der Waals surface area contributed by atoms with Gasteiger partial charge in [-0.3, -0.25) is 0 Å². The monoisotopic (exact) mass is 280 g/mol. The number of benzene rings is 1. The van der Waals surface area contributed by atoms with Gasteiger partial charge in [0.2, 0.25) is 0 Å². The molecule has 0 saturated carbocycles. The van der Waals surface area contributed by atoms with Gasteiger partial charge in [0.15, 0.2) is 0 Å². The fraction of sp³-hybridized carbons (Fsp3) is 0.429. The van der Waals surface area contributed by atoms with Crippen molar-refractivity contribution in [2.45, 2.75) is 27.3 Å². The number of halogens is 2. The molecule has 0 atom stereocenters. The van der Waals surface area contributed by atoms with Crippen LogP contribution in [0.4, 0.5) is 8.78 Å². The van der Waals surface area contributed by atoms with Gasteiger partial charge in [0.1, 0.15) is 17.3 Å². The molecule has 0 aliphatic rings. The Balaban J connectivity index is 2.14. The van der Waals surface area contributed by atoms with E-state index in [4.69, 9.17) is 0 Å². The Kier molecular flexibility index (Phi) is 4.44. The van der Waals surface area contributed by atoms with Gasteiger partial charge in [-0.2, -0.15) is 0 Å². The summed E-state index contributed by atoms with van der Waals surface area (Å²) in [6.45, 7) is 7.14. The van der Waals surface area contributed by atoms with E-state index in [2.05, 4.69) is 29.5 Å². The van der Waals surface area contributed by atoms with Gasteiger partial charge in [-0.1, -0.05) is 19.1 Å². The van der Waals surface area contributed by atoms with Crippen molar-refractivity contribution in [2.24, 2.45) is 5.92 Å². The highest BCUT2D eigenvalue weighted by atomic mass is 19.1. The Hall–Kier alpha value is -1.82. The zero-order valence-electron chi connectivity index (χ0n) is 11.8. The molecule has 2 aromatic rings. The molecule has 0 bridgehead atoms. The van der Waals surface area contributed by atoms with Crippen LogP contribution in [0.15, 0.2) is 18.3 Å². The van der Waals surface area contributed by atoms with Gasteiger partial charge in [0.25, 0.3) is 0 Å². The second kappa shape index (κ2) is 6.09. The normalized spacial score (nSPS) is 11.3. The Labute approximate surface area is 116 Å². The van der Waals surface area contributed by atoms with Crippen molar-refractivity contribution in [2.75, 3.05) is 6.54 Å². The minimum Gasteiger partial charge on any atom is -0.311 e. The molecule has 20 heavy (non-hydrogen) atoms. The van der Waals surface area contributed by atoms with Gasteiger partial charge in [0, 0.05) is 12.6 Å². The van der Waals surface area contributed by atoms with E-state index >= 15 is 0 Å². The number of nitrogens with zero attached hydrogens (tertiary/aromatic N) is 3. The second-order valence-electron chi connectivity index (χ2n) is 5.23. The van der Waals surface area contributed by atoms with Crippen molar-refractivity contribution < 1.29 is 8.78 Å². The first-order valence-electron chi connectivity index (χ1n) is 6.55. The molecule has 0 aliphatic carbocycles. The lowest BCUT2D eigenvalue weighted by atomic mass is 10.2. The van der Waals surface area contributed by atoms with E-state index in [1.807, 2.05) is 0 Å².